The number of rotatable bonds is 6. The Morgan fingerprint density at radius 2 is 2.00 bits per heavy atom. The molecular weight excluding hydrogens is 336 g/mol. The first-order chi connectivity index (χ1) is 13.2. The number of nitriles is 1. The predicted molar refractivity (Wildman–Crippen MR) is 105 cm³/mol. The summed E-state index contributed by atoms with van der Waals surface area (Å²) in [6.45, 7) is 2.06. The topological polar surface area (TPSA) is 78.7 Å². The first-order valence-corrected chi connectivity index (χ1v) is 8.90. The van der Waals surface area contributed by atoms with Gasteiger partial charge in [-0.15, -0.1) is 0 Å². The minimum atomic E-state index is -0.400. The normalized spacial score (nSPS) is 12.4. The lowest BCUT2D eigenvalue weighted by atomic mass is 10.0. The van der Waals surface area contributed by atoms with Crippen molar-refractivity contribution in [3.05, 3.63) is 77.6 Å². The van der Waals surface area contributed by atoms with Crippen LogP contribution in [0.1, 0.15) is 37.1 Å². The fraction of sp³-hybridized carbons (Fsp3) is 0.182. The number of hydrogen-bond acceptors (Lipinski definition) is 4. The molecule has 0 spiro atoms. The van der Waals surface area contributed by atoms with Gasteiger partial charge in [0.1, 0.15) is 11.6 Å². The van der Waals surface area contributed by atoms with Gasteiger partial charge < -0.3 is 5.32 Å². The second kappa shape index (κ2) is 8.72. The summed E-state index contributed by atoms with van der Waals surface area (Å²) in [5, 5.41) is 13.3. The molecule has 0 unspecified atom stereocenters. The third-order valence-electron chi connectivity index (χ3n) is 4.23. The van der Waals surface area contributed by atoms with Crippen LogP contribution in [0.5, 0.6) is 0 Å². The maximum atomic E-state index is 12.7. The molecule has 5 heteroatoms. The molecule has 134 valence electrons. The number of nitrogens with one attached hydrogen (secondary N) is 1. The SMILES string of the molecule is CCC[C@H](NC(=O)/C(C#N)=C/c1ccc2cccnc2n1)c1ccccc1. The highest BCUT2D eigenvalue weighted by Crippen LogP contribution is 2.19. The number of nitrogens with zero attached hydrogens (tertiary/aromatic N) is 3. The molecule has 27 heavy (non-hydrogen) atoms. The van der Waals surface area contributed by atoms with Crippen molar-refractivity contribution < 1.29 is 4.79 Å². The summed E-state index contributed by atoms with van der Waals surface area (Å²) in [6, 6.07) is 19.0. The molecule has 0 aliphatic rings. The average Bonchev–Trinajstić information content (AvgIpc) is 2.72. The van der Waals surface area contributed by atoms with Gasteiger partial charge in [-0.2, -0.15) is 5.26 Å². The Morgan fingerprint density at radius 3 is 2.74 bits per heavy atom. The van der Waals surface area contributed by atoms with Crippen molar-refractivity contribution in [2.45, 2.75) is 25.8 Å². The lowest BCUT2D eigenvalue weighted by Gasteiger charge is -2.18. The smallest absolute Gasteiger partial charge is 0.262 e. The highest BCUT2D eigenvalue weighted by Gasteiger charge is 2.17. The van der Waals surface area contributed by atoms with Crippen molar-refractivity contribution in [2.24, 2.45) is 0 Å². The van der Waals surface area contributed by atoms with Crippen LogP contribution in [0.15, 0.2) is 66.4 Å². The monoisotopic (exact) mass is 356 g/mol. The van der Waals surface area contributed by atoms with E-state index in [0.29, 0.717) is 11.3 Å². The Kier molecular flexibility index (Phi) is 5.91. The van der Waals surface area contributed by atoms with Crippen molar-refractivity contribution in [3.8, 4) is 6.07 Å². The molecule has 0 saturated heterocycles. The molecule has 1 N–H and O–H groups in total. The molecule has 3 rings (SSSR count). The average molecular weight is 356 g/mol. The van der Waals surface area contributed by atoms with Gasteiger partial charge in [-0.3, -0.25) is 4.79 Å². The molecule has 2 aromatic heterocycles. The molecular formula is C22H20N4O. The summed E-state index contributed by atoms with van der Waals surface area (Å²) >= 11 is 0. The van der Waals surface area contributed by atoms with E-state index in [1.54, 1.807) is 12.3 Å². The van der Waals surface area contributed by atoms with Gasteiger partial charge in [0.15, 0.2) is 5.65 Å². The van der Waals surface area contributed by atoms with Crippen molar-refractivity contribution in [2.75, 3.05) is 0 Å². The summed E-state index contributed by atoms with van der Waals surface area (Å²) in [6.07, 6.45) is 4.88. The molecule has 3 aromatic rings. The van der Waals surface area contributed by atoms with Crippen LogP contribution in [0.4, 0.5) is 0 Å². The van der Waals surface area contributed by atoms with Crippen LogP contribution in [0.25, 0.3) is 17.1 Å². The third-order valence-corrected chi connectivity index (χ3v) is 4.23. The standard InChI is InChI=1S/C22H20N4O/c1-2-7-20(16-8-4-3-5-9-16)26-22(27)18(15-23)14-19-12-11-17-10-6-13-24-21(17)25-19/h3-6,8-14,20H,2,7H2,1H3,(H,26,27)/b18-14+/t20-/m0/s1. The first kappa shape index (κ1) is 18.3. The van der Waals surface area contributed by atoms with Gasteiger partial charge in [0.2, 0.25) is 0 Å². The predicted octanol–water partition coefficient (Wildman–Crippen LogP) is 4.19. The number of amides is 1. The number of carbonyl (C=O) groups excluding carboxylic acids is 1. The molecule has 0 saturated carbocycles. The van der Waals surface area contributed by atoms with Gasteiger partial charge in [-0.05, 0) is 42.3 Å². The van der Waals surface area contributed by atoms with Crippen LogP contribution in [0, 0.1) is 11.3 Å². The van der Waals surface area contributed by atoms with E-state index in [-0.39, 0.29) is 11.6 Å². The Bertz CT molecular complexity index is 1010. The van der Waals surface area contributed by atoms with Crippen molar-refractivity contribution >= 4 is 23.0 Å². The molecule has 1 atom stereocenters. The van der Waals surface area contributed by atoms with Crippen LogP contribution < -0.4 is 5.32 Å². The molecule has 1 aromatic carbocycles. The summed E-state index contributed by atoms with van der Waals surface area (Å²) in [5.74, 6) is -0.400. The Hall–Kier alpha value is -3.52. The van der Waals surface area contributed by atoms with E-state index >= 15 is 0 Å². The molecule has 5 nitrogen and oxygen atoms in total. The van der Waals surface area contributed by atoms with Gasteiger partial charge in [-0.25, -0.2) is 9.97 Å². The molecule has 1 amide bonds. The van der Waals surface area contributed by atoms with E-state index in [1.165, 1.54) is 6.08 Å². The second-order valence-electron chi connectivity index (χ2n) is 6.18. The maximum absolute atomic E-state index is 12.7. The number of fused-ring (bicyclic) bond motifs is 1. The van der Waals surface area contributed by atoms with Crippen molar-refractivity contribution in [1.29, 1.82) is 5.26 Å². The molecule has 0 aliphatic carbocycles. The molecule has 2 heterocycles. The molecule has 0 fully saturated rings. The first-order valence-electron chi connectivity index (χ1n) is 8.90. The van der Waals surface area contributed by atoms with Gasteiger partial charge in [-0.1, -0.05) is 43.7 Å². The van der Waals surface area contributed by atoms with Crippen LogP contribution in [0.2, 0.25) is 0 Å². The summed E-state index contributed by atoms with van der Waals surface area (Å²) in [4.78, 5) is 21.3. The lowest BCUT2D eigenvalue weighted by Crippen LogP contribution is -2.29. The fourth-order valence-corrected chi connectivity index (χ4v) is 2.88. The lowest BCUT2D eigenvalue weighted by molar-refractivity contribution is -0.117. The van der Waals surface area contributed by atoms with Crippen LogP contribution in [0.3, 0.4) is 0 Å². The zero-order valence-corrected chi connectivity index (χ0v) is 15.1. The van der Waals surface area contributed by atoms with E-state index in [9.17, 15) is 10.1 Å². The zero-order chi connectivity index (χ0) is 19.1. The van der Waals surface area contributed by atoms with Crippen LogP contribution in [-0.4, -0.2) is 15.9 Å². The largest absolute Gasteiger partial charge is 0.345 e. The minimum Gasteiger partial charge on any atom is -0.345 e. The van der Waals surface area contributed by atoms with Crippen molar-refractivity contribution in [3.63, 3.8) is 0 Å². The number of benzene rings is 1. The van der Waals surface area contributed by atoms with E-state index in [4.69, 9.17) is 0 Å². The van der Waals surface area contributed by atoms with E-state index in [1.807, 2.05) is 54.6 Å². The summed E-state index contributed by atoms with van der Waals surface area (Å²) in [7, 11) is 0. The maximum Gasteiger partial charge on any atom is 0.262 e. The fourth-order valence-electron chi connectivity index (χ4n) is 2.88. The van der Waals surface area contributed by atoms with Gasteiger partial charge in [0.05, 0.1) is 11.7 Å². The number of aromatic nitrogens is 2. The Labute approximate surface area is 158 Å². The van der Waals surface area contributed by atoms with Gasteiger partial charge in [0.25, 0.3) is 5.91 Å². The molecule has 0 aliphatic heterocycles. The summed E-state index contributed by atoms with van der Waals surface area (Å²) in [5.41, 5.74) is 2.16. The Balaban J connectivity index is 1.83. The third kappa shape index (κ3) is 4.56. The molecule has 0 bridgehead atoms. The van der Waals surface area contributed by atoms with Crippen LogP contribution >= 0.6 is 0 Å². The minimum absolute atomic E-state index is 0.0230. The quantitative estimate of drug-likeness (QED) is 0.530. The molecule has 0 radical (unpaired) electrons. The van der Waals surface area contributed by atoms with Gasteiger partial charge in [0, 0.05) is 11.6 Å². The highest BCUT2D eigenvalue weighted by atomic mass is 16.1. The second-order valence-corrected chi connectivity index (χ2v) is 6.18. The van der Waals surface area contributed by atoms with E-state index in [2.05, 4.69) is 22.2 Å². The van der Waals surface area contributed by atoms with E-state index in [0.717, 1.165) is 23.8 Å². The number of carbonyl (C=O) groups is 1. The zero-order valence-electron chi connectivity index (χ0n) is 15.1. The highest BCUT2D eigenvalue weighted by molar-refractivity contribution is 6.01. The van der Waals surface area contributed by atoms with E-state index < -0.39 is 5.91 Å². The summed E-state index contributed by atoms with van der Waals surface area (Å²) < 4.78 is 0. The van der Waals surface area contributed by atoms with Gasteiger partial charge >= 0.3 is 0 Å². The van der Waals surface area contributed by atoms with Crippen molar-refractivity contribution in [1.82, 2.24) is 15.3 Å². The number of hydrogen-bond donors (Lipinski definition) is 1. The Morgan fingerprint density at radius 1 is 1.19 bits per heavy atom. The number of pyridine rings is 2. The van der Waals surface area contributed by atoms with Crippen LogP contribution in [-0.2, 0) is 4.79 Å².